The second kappa shape index (κ2) is 9.47. The number of benzene rings is 2. The van der Waals surface area contributed by atoms with Crippen molar-refractivity contribution in [2.24, 2.45) is 5.14 Å². The van der Waals surface area contributed by atoms with Gasteiger partial charge < -0.3 is 10.4 Å². The number of nitrogens with zero attached hydrogens (tertiary/aromatic N) is 4. The van der Waals surface area contributed by atoms with Crippen LogP contribution in [0.4, 0.5) is 5.82 Å². The quantitative estimate of drug-likeness (QED) is 0.423. The van der Waals surface area contributed by atoms with Crippen LogP contribution in [0.25, 0.3) is 16.9 Å². The molecule has 0 saturated heterocycles. The smallest absolute Gasteiger partial charge is 0.238 e. The molecule has 2 aromatic heterocycles. The van der Waals surface area contributed by atoms with Gasteiger partial charge in [-0.2, -0.15) is 5.26 Å². The second-order valence-corrected chi connectivity index (χ2v) is 8.06. The summed E-state index contributed by atoms with van der Waals surface area (Å²) >= 11 is 0. The summed E-state index contributed by atoms with van der Waals surface area (Å²) in [6.07, 6.45) is 5.04. The lowest BCUT2D eigenvalue weighted by Crippen LogP contribution is -2.12. The highest BCUT2D eigenvalue weighted by molar-refractivity contribution is 7.89. The maximum absolute atomic E-state index is 11.4. The van der Waals surface area contributed by atoms with Gasteiger partial charge in [-0.15, -0.1) is 0 Å². The first-order valence-electron chi connectivity index (χ1n) is 9.78. The first kappa shape index (κ1) is 22.7. The van der Waals surface area contributed by atoms with Crippen molar-refractivity contribution in [3.63, 3.8) is 0 Å². The highest BCUT2D eigenvalue weighted by atomic mass is 32.2. The zero-order valence-corrected chi connectivity index (χ0v) is 18.3. The molecule has 0 aliphatic carbocycles. The Hall–Kier alpha value is -3.94. The van der Waals surface area contributed by atoms with Crippen molar-refractivity contribution in [3.05, 3.63) is 72.2 Å². The molecule has 9 nitrogen and oxygen atoms in total. The number of phenolic OH excluding ortho intramolecular Hbond substituents is 1. The minimum atomic E-state index is -3.73. The van der Waals surface area contributed by atoms with Crippen LogP contribution >= 0.6 is 0 Å². The average molecular weight is 451 g/mol. The molecule has 4 rings (SSSR count). The van der Waals surface area contributed by atoms with Gasteiger partial charge in [-0.1, -0.05) is 26.0 Å². The third-order valence-electron chi connectivity index (χ3n) is 4.55. The summed E-state index contributed by atoms with van der Waals surface area (Å²) in [7, 11) is -3.73. The molecule has 0 radical (unpaired) electrons. The minimum absolute atomic E-state index is 0.0509. The number of rotatable bonds is 5. The van der Waals surface area contributed by atoms with E-state index >= 15 is 0 Å². The summed E-state index contributed by atoms with van der Waals surface area (Å²) in [6.45, 7) is 4.40. The fourth-order valence-corrected chi connectivity index (χ4v) is 3.54. The molecule has 4 N–H and O–H groups in total. The number of sulfonamides is 1. The lowest BCUT2D eigenvalue weighted by Gasteiger charge is -2.09. The van der Waals surface area contributed by atoms with Crippen LogP contribution in [-0.2, 0) is 16.6 Å². The fraction of sp³-hybridized carbons (Fsp3) is 0.136. The molecule has 0 bridgehead atoms. The predicted octanol–water partition coefficient (Wildman–Crippen LogP) is 3.26. The normalized spacial score (nSPS) is 10.8. The number of anilines is 1. The molecular formula is C22H22N6O3S. The molecule has 10 heteroatoms. The monoisotopic (exact) mass is 450 g/mol. The van der Waals surface area contributed by atoms with Crippen molar-refractivity contribution in [2.45, 2.75) is 25.3 Å². The van der Waals surface area contributed by atoms with Crippen LogP contribution in [0.15, 0.2) is 66.0 Å². The Morgan fingerprint density at radius 1 is 1.16 bits per heavy atom. The van der Waals surface area contributed by atoms with Crippen molar-refractivity contribution < 1.29 is 13.5 Å². The first-order valence-corrected chi connectivity index (χ1v) is 11.3. The van der Waals surface area contributed by atoms with Crippen molar-refractivity contribution in [1.82, 2.24) is 14.4 Å². The first-order chi connectivity index (χ1) is 15.4. The standard InChI is InChI=1S/C20H16N6O3S.C2H6/c21-10-15-9-14(3-6-18(15)27)17-12-25-20-19(23-7-8-26(17)20)24-11-13-1-4-16(5-2-13)30(22,28)29;1-2/h1-9,12,27H,11H2,(H,23,24)(H2,22,28,29);1-2H3. The Morgan fingerprint density at radius 3 is 2.53 bits per heavy atom. The summed E-state index contributed by atoms with van der Waals surface area (Å²) in [5, 5.41) is 27.2. The van der Waals surface area contributed by atoms with E-state index in [1.807, 2.05) is 24.3 Å². The third kappa shape index (κ3) is 4.69. The largest absolute Gasteiger partial charge is 0.507 e. The summed E-state index contributed by atoms with van der Waals surface area (Å²) in [5.41, 5.74) is 3.07. The molecule has 0 aliphatic heterocycles. The number of nitrogens with two attached hydrogens (primary N) is 1. The lowest BCUT2D eigenvalue weighted by molar-refractivity contribution is 0.473. The molecule has 0 unspecified atom stereocenters. The summed E-state index contributed by atoms with van der Waals surface area (Å²) in [5.74, 6) is 0.464. The van der Waals surface area contributed by atoms with Gasteiger partial charge in [-0.3, -0.25) is 4.40 Å². The van der Waals surface area contributed by atoms with Gasteiger partial charge in [0.25, 0.3) is 0 Å². The summed E-state index contributed by atoms with van der Waals surface area (Å²) in [4.78, 5) is 8.81. The van der Waals surface area contributed by atoms with Gasteiger partial charge in [-0.25, -0.2) is 23.5 Å². The number of hydrogen-bond donors (Lipinski definition) is 3. The Balaban J connectivity index is 0.00000141. The zero-order valence-electron chi connectivity index (χ0n) is 17.5. The Kier molecular flexibility index (Phi) is 6.73. The van der Waals surface area contributed by atoms with E-state index in [2.05, 4.69) is 15.3 Å². The molecule has 164 valence electrons. The van der Waals surface area contributed by atoms with E-state index < -0.39 is 10.0 Å². The molecule has 0 aliphatic rings. The number of phenols is 1. The van der Waals surface area contributed by atoms with E-state index in [0.29, 0.717) is 18.0 Å². The van der Waals surface area contributed by atoms with Gasteiger partial charge >= 0.3 is 0 Å². The molecule has 0 saturated carbocycles. The molecule has 2 heterocycles. The van der Waals surface area contributed by atoms with Gasteiger partial charge in [0.2, 0.25) is 10.0 Å². The molecule has 32 heavy (non-hydrogen) atoms. The van der Waals surface area contributed by atoms with E-state index in [4.69, 9.17) is 10.4 Å². The number of hydrogen-bond acceptors (Lipinski definition) is 7. The van der Waals surface area contributed by atoms with Gasteiger partial charge in [0.1, 0.15) is 11.8 Å². The van der Waals surface area contributed by atoms with Crippen LogP contribution in [0, 0.1) is 11.3 Å². The number of aromatic hydroxyl groups is 1. The molecule has 4 aromatic rings. The number of imidazole rings is 1. The highest BCUT2D eigenvalue weighted by Gasteiger charge is 2.12. The topological polar surface area (TPSA) is 146 Å². The maximum Gasteiger partial charge on any atom is 0.238 e. The maximum atomic E-state index is 11.4. The number of fused-ring (bicyclic) bond motifs is 1. The van der Waals surface area contributed by atoms with Crippen LogP contribution in [0.3, 0.4) is 0 Å². The molecule has 2 aromatic carbocycles. The van der Waals surface area contributed by atoms with Crippen molar-refractivity contribution in [2.75, 3.05) is 5.32 Å². The van der Waals surface area contributed by atoms with Gasteiger partial charge in [0, 0.05) is 24.5 Å². The van der Waals surface area contributed by atoms with Crippen molar-refractivity contribution in [3.8, 4) is 23.1 Å². The van der Waals surface area contributed by atoms with E-state index in [9.17, 15) is 13.5 Å². The van der Waals surface area contributed by atoms with Crippen LogP contribution in [-0.4, -0.2) is 27.9 Å². The van der Waals surface area contributed by atoms with Crippen molar-refractivity contribution >= 4 is 21.5 Å². The van der Waals surface area contributed by atoms with Crippen LogP contribution in [0.1, 0.15) is 25.0 Å². The van der Waals surface area contributed by atoms with E-state index in [0.717, 1.165) is 16.8 Å². The lowest BCUT2D eigenvalue weighted by atomic mass is 10.1. The molecule has 0 atom stereocenters. The minimum Gasteiger partial charge on any atom is -0.507 e. The number of nitriles is 1. The van der Waals surface area contributed by atoms with E-state index in [1.54, 1.807) is 42.9 Å². The average Bonchev–Trinajstić information content (AvgIpc) is 3.24. The number of nitrogens with one attached hydrogen (secondary N) is 1. The summed E-state index contributed by atoms with van der Waals surface area (Å²) < 4.78 is 24.5. The van der Waals surface area contributed by atoms with Crippen LogP contribution in [0.2, 0.25) is 0 Å². The van der Waals surface area contributed by atoms with E-state index in [1.165, 1.54) is 18.2 Å². The fourth-order valence-electron chi connectivity index (χ4n) is 3.03. The Morgan fingerprint density at radius 2 is 1.88 bits per heavy atom. The number of aromatic nitrogens is 3. The summed E-state index contributed by atoms with van der Waals surface area (Å²) in [6, 6.07) is 13.0. The van der Waals surface area contributed by atoms with Crippen molar-refractivity contribution in [1.29, 1.82) is 5.26 Å². The highest BCUT2D eigenvalue weighted by Crippen LogP contribution is 2.27. The SMILES string of the molecule is CC.N#Cc1cc(-c2cnc3c(NCc4ccc(S(N)(=O)=O)cc4)nccn23)ccc1O. The number of primary sulfonamides is 1. The van der Waals surface area contributed by atoms with Gasteiger partial charge in [0.15, 0.2) is 11.5 Å². The van der Waals surface area contributed by atoms with E-state index in [-0.39, 0.29) is 16.2 Å². The Bertz CT molecular complexity index is 1390. The molecule has 0 fully saturated rings. The predicted molar refractivity (Wildman–Crippen MR) is 121 cm³/mol. The molecular weight excluding hydrogens is 428 g/mol. The van der Waals surface area contributed by atoms with Crippen LogP contribution in [0.5, 0.6) is 5.75 Å². The second-order valence-electron chi connectivity index (χ2n) is 6.50. The Labute approximate surface area is 185 Å². The zero-order chi connectivity index (χ0) is 23.3. The van der Waals surface area contributed by atoms with Gasteiger partial charge in [-0.05, 0) is 35.9 Å². The van der Waals surface area contributed by atoms with Crippen LogP contribution < -0.4 is 10.5 Å². The third-order valence-corrected chi connectivity index (χ3v) is 5.48. The molecule has 0 spiro atoms. The van der Waals surface area contributed by atoms with Gasteiger partial charge in [0.05, 0.1) is 22.3 Å². The molecule has 0 amide bonds.